The minimum atomic E-state index is 1.04. The van der Waals surface area contributed by atoms with Crippen LogP contribution in [-0.2, 0) is 0 Å². The largest absolute Gasteiger partial charge is 0.367 e. The van der Waals surface area contributed by atoms with E-state index in [1.54, 1.807) is 0 Å². The quantitative estimate of drug-likeness (QED) is 0.662. The average Bonchev–Trinajstić information content (AvgIpc) is 2.39. The molecule has 3 rings (SSSR count). The molecule has 0 saturated heterocycles. The minimum Gasteiger partial charge on any atom is -0.367 e. The van der Waals surface area contributed by atoms with E-state index in [0.717, 1.165) is 19.5 Å². The number of hydrogen-bond donors (Lipinski definition) is 0. The molecule has 0 spiro atoms. The molecule has 0 radical (unpaired) electrons. The van der Waals surface area contributed by atoms with E-state index >= 15 is 0 Å². The highest BCUT2D eigenvalue weighted by molar-refractivity contribution is 5.86. The molecule has 86 valence electrons. The van der Waals surface area contributed by atoms with Gasteiger partial charge in [0.15, 0.2) is 0 Å². The van der Waals surface area contributed by atoms with Crippen molar-refractivity contribution in [2.45, 2.75) is 13.3 Å². The molecule has 1 nitrogen and oxygen atoms in total. The Balaban J connectivity index is 2.01. The normalized spacial score (nSPS) is 15.5. The summed E-state index contributed by atoms with van der Waals surface area (Å²) in [5.74, 6) is 0. The smallest absolute Gasteiger partial charge is 0.0375 e. The number of rotatable bonds is 1. The highest BCUT2D eigenvalue weighted by atomic mass is 15.1. The predicted octanol–water partition coefficient (Wildman–Crippen LogP) is 3.91. The fraction of sp³-hybridized carbons (Fsp3) is 0.250. The van der Waals surface area contributed by atoms with Crippen LogP contribution in [0.15, 0.2) is 48.6 Å². The summed E-state index contributed by atoms with van der Waals surface area (Å²) < 4.78 is 0. The van der Waals surface area contributed by atoms with E-state index in [4.69, 9.17) is 0 Å². The lowest BCUT2D eigenvalue weighted by Gasteiger charge is -2.25. The van der Waals surface area contributed by atoms with Gasteiger partial charge in [-0.05, 0) is 36.2 Å². The van der Waals surface area contributed by atoms with Crippen molar-refractivity contribution >= 4 is 16.5 Å². The summed E-state index contributed by atoms with van der Waals surface area (Å²) in [4.78, 5) is 2.43. The maximum Gasteiger partial charge on any atom is 0.0375 e. The molecule has 0 saturated carbocycles. The number of hydrogen-bond acceptors (Lipinski definition) is 1. The Bertz CT molecular complexity index is 569. The average molecular weight is 223 g/mol. The van der Waals surface area contributed by atoms with E-state index in [1.807, 2.05) is 0 Å². The molecule has 0 unspecified atom stereocenters. The fourth-order valence-corrected chi connectivity index (χ4v) is 2.43. The maximum atomic E-state index is 2.43. The van der Waals surface area contributed by atoms with Gasteiger partial charge >= 0.3 is 0 Å². The third kappa shape index (κ3) is 2.05. The SMILES string of the molecule is Cc1ccc2cc(N3CC=CCC3)ccc2c1. The molecule has 0 aliphatic carbocycles. The minimum absolute atomic E-state index is 1.04. The molecule has 2 aromatic rings. The molecule has 0 bridgehead atoms. The van der Waals surface area contributed by atoms with Crippen molar-refractivity contribution in [1.29, 1.82) is 0 Å². The van der Waals surface area contributed by atoms with Crippen molar-refractivity contribution in [3.05, 3.63) is 54.1 Å². The van der Waals surface area contributed by atoms with Gasteiger partial charge in [-0.2, -0.15) is 0 Å². The van der Waals surface area contributed by atoms with Gasteiger partial charge in [0.05, 0.1) is 0 Å². The van der Waals surface area contributed by atoms with Crippen LogP contribution in [0.2, 0.25) is 0 Å². The third-order valence-electron chi connectivity index (χ3n) is 3.40. The first-order valence-electron chi connectivity index (χ1n) is 6.23. The van der Waals surface area contributed by atoms with Gasteiger partial charge in [0, 0.05) is 18.8 Å². The highest BCUT2D eigenvalue weighted by Gasteiger charge is 2.07. The van der Waals surface area contributed by atoms with E-state index < -0.39 is 0 Å². The number of anilines is 1. The molecule has 17 heavy (non-hydrogen) atoms. The van der Waals surface area contributed by atoms with Gasteiger partial charge in [-0.3, -0.25) is 0 Å². The zero-order chi connectivity index (χ0) is 11.7. The van der Waals surface area contributed by atoms with Crippen LogP contribution in [0.1, 0.15) is 12.0 Å². The molecular formula is C16H17N. The van der Waals surface area contributed by atoms with Crippen LogP contribution in [0, 0.1) is 6.92 Å². The Hall–Kier alpha value is -1.76. The molecule has 1 heteroatoms. The van der Waals surface area contributed by atoms with Crippen LogP contribution in [0.4, 0.5) is 5.69 Å². The summed E-state index contributed by atoms with van der Waals surface area (Å²) in [7, 11) is 0. The topological polar surface area (TPSA) is 3.24 Å². The monoisotopic (exact) mass is 223 g/mol. The summed E-state index contributed by atoms with van der Waals surface area (Å²) in [5.41, 5.74) is 2.66. The van der Waals surface area contributed by atoms with E-state index in [-0.39, 0.29) is 0 Å². The number of nitrogens with zero attached hydrogens (tertiary/aromatic N) is 1. The van der Waals surface area contributed by atoms with Gasteiger partial charge < -0.3 is 4.90 Å². The van der Waals surface area contributed by atoms with Crippen LogP contribution >= 0.6 is 0 Å². The van der Waals surface area contributed by atoms with E-state index in [1.165, 1.54) is 22.0 Å². The van der Waals surface area contributed by atoms with E-state index in [2.05, 4.69) is 60.4 Å². The van der Waals surface area contributed by atoms with Crippen LogP contribution in [0.5, 0.6) is 0 Å². The van der Waals surface area contributed by atoms with Crippen molar-refractivity contribution in [3.8, 4) is 0 Å². The van der Waals surface area contributed by atoms with E-state index in [0.29, 0.717) is 0 Å². The standard InChI is InChI=1S/C16H17N/c1-13-5-6-15-12-16(8-7-14(15)11-13)17-9-3-2-4-10-17/h2-3,5-8,11-12H,4,9-10H2,1H3. The van der Waals surface area contributed by atoms with Crippen molar-refractivity contribution in [2.24, 2.45) is 0 Å². The molecule has 1 aliphatic heterocycles. The summed E-state index contributed by atoms with van der Waals surface area (Å²) in [6.07, 6.45) is 5.68. The molecule has 2 aromatic carbocycles. The molecule has 0 N–H and O–H groups in total. The highest BCUT2D eigenvalue weighted by Crippen LogP contribution is 2.24. The van der Waals surface area contributed by atoms with Gasteiger partial charge in [0.25, 0.3) is 0 Å². The Morgan fingerprint density at radius 1 is 0.941 bits per heavy atom. The van der Waals surface area contributed by atoms with Crippen molar-refractivity contribution in [2.75, 3.05) is 18.0 Å². The molecular weight excluding hydrogens is 206 g/mol. The summed E-state index contributed by atoms with van der Waals surface area (Å²) in [6, 6.07) is 13.4. The second-order valence-electron chi connectivity index (χ2n) is 4.74. The predicted molar refractivity (Wildman–Crippen MR) is 74.7 cm³/mol. The lowest BCUT2D eigenvalue weighted by Crippen LogP contribution is -2.26. The van der Waals surface area contributed by atoms with Crippen LogP contribution in [0.3, 0.4) is 0 Å². The molecule has 0 atom stereocenters. The third-order valence-corrected chi connectivity index (χ3v) is 3.40. The Morgan fingerprint density at radius 3 is 2.59 bits per heavy atom. The lowest BCUT2D eigenvalue weighted by molar-refractivity contribution is 0.822. The first kappa shape index (κ1) is 10.4. The van der Waals surface area contributed by atoms with Crippen LogP contribution in [0.25, 0.3) is 10.8 Å². The number of fused-ring (bicyclic) bond motifs is 1. The van der Waals surface area contributed by atoms with Gasteiger partial charge in [0.1, 0.15) is 0 Å². The zero-order valence-corrected chi connectivity index (χ0v) is 10.2. The Morgan fingerprint density at radius 2 is 1.76 bits per heavy atom. The first-order chi connectivity index (χ1) is 8.33. The molecule has 0 fully saturated rings. The molecule has 0 aromatic heterocycles. The summed E-state index contributed by atoms with van der Waals surface area (Å²) >= 11 is 0. The molecule has 1 aliphatic rings. The van der Waals surface area contributed by atoms with E-state index in [9.17, 15) is 0 Å². The first-order valence-corrected chi connectivity index (χ1v) is 6.23. The summed E-state index contributed by atoms with van der Waals surface area (Å²) in [5, 5.41) is 2.67. The van der Waals surface area contributed by atoms with Crippen molar-refractivity contribution in [1.82, 2.24) is 0 Å². The van der Waals surface area contributed by atoms with Crippen LogP contribution < -0.4 is 4.90 Å². The molecule has 1 heterocycles. The second kappa shape index (κ2) is 4.25. The molecule has 0 amide bonds. The van der Waals surface area contributed by atoms with Crippen molar-refractivity contribution in [3.63, 3.8) is 0 Å². The maximum absolute atomic E-state index is 2.43. The zero-order valence-electron chi connectivity index (χ0n) is 10.2. The summed E-state index contributed by atoms with van der Waals surface area (Å²) in [6.45, 7) is 4.31. The van der Waals surface area contributed by atoms with Crippen molar-refractivity contribution < 1.29 is 0 Å². The Kier molecular flexibility index (Phi) is 2.60. The van der Waals surface area contributed by atoms with Crippen LogP contribution in [-0.4, -0.2) is 13.1 Å². The van der Waals surface area contributed by atoms with Gasteiger partial charge in [-0.15, -0.1) is 0 Å². The second-order valence-corrected chi connectivity index (χ2v) is 4.74. The Labute approximate surface area is 102 Å². The lowest BCUT2D eigenvalue weighted by atomic mass is 10.1. The van der Waals surface area contributed by atoms with Gasteiger partial charge in [0.2, 0.25) is 0 Å². The number of benzene rings is 2. The van der Waals surface area contributed by atoms with Gasteiger partial charge in [-0.1, -0.05) is 42.0 Å². The fourth-order valence-electron chi connectivity index (χ4n) is 2.43. The van der Waals surface area contributed by atoms with Gasteiger partial charge in [-0.25, -0.2) is 0 Å². The number of aryl methyl sites for hydroxylation is 1.